The molecule has 8 nitrogen and oxygen atoms in total. The number of likely N-dealkylation sites (N-methyl/N-ethyl adjacent to an activating group) is 1. The third-order valence-electron chi connectivity index (χ3n) is 4.80. The molecule has 2 rings (SSSR count). The number of amides is 2. The van der Waals surface area contributed by atoms with E-state index in [9.17, 15) is 18.0 Å². The summed E-state index contributed by atoms with van der Waals surface area (Å²) in [5.74, 6) is -1.46. The highest BCUT2D eigenvalue weighted by atomic mass is 32.2. The lowest BCUT2D eigenvalue weighted by molar-refractivity contribution is -0.130. The number of hydrogen-bond donors (Lipinski definition) is 2. The molecule has 0 aliphatic carbocycles. The Kier molecular flexibility index (Phi) is 6.96. The molecule has 0 unspecified atom stereocenters. The van der Waals surface area contributed by atoms with Gasteiger partial charge in [0.05, 0.1) is 5.75 Å². The van der Waals surface area contributed by atoms with Crippen molar-refractivity contribution in [1.29, 1.82) is 0 Å². The fourth-order valence-electron chi connectivity index (χ4n) is 2.98. The molecule has 1 aliphatic rings. The van der Waals surface area contributed by atoms with Crippen LogP contribution in [0.2, 0.25) is 0 Å². The summed E-state index contributed by atoms with van der Waals surface area (Å²) in [5, 5.41) is 2.62. The fraction of sp³-hybridized carbons (Fsp3) is 0.556. The van der Waals surface area contributed by atoms with Gasteiger partial charge in [0.2, 0.25) is 21.8 Å². The molecule has 1 fully saturated rings. The molecule has 1 aromatic rings. The van der Waals surface area contributed by atoms with E-state index in [2.05, 4.69) is 10.2 Å². The lowest BCUT2D eigenvalue weighted by atomic mass is 9.92. The van der Waals surface area contributed by atoms with Gasteiger partial charge in [-0.15, -0.1) is 0 Å². The maximum atomic E-state index is 12.4. The van der Waals surface area contributed by atoms with E-state index in [1.165, 1.54) is 4.31 Å². The van der Waals surface area contributed by atoms with Crippen LogP contribution in [0, 0.1) is 0 Å². The highest BCUT2D eigenvalue weighted by Gasteiger charge is 2.34. The number of hydrogen-bond acceptors (Lipinski definition) is 5. The van der Waals surface area contributed by atoms with E-state index in [4.69, 9.17) is 5.73 Å². The molecule has 0 bridgehead atoms. The number of carbonyl (C=O) groups excluding carboxylic acids is 2. The first-order valence-corrected chi connectivity index (χ1v) is 10.5. The van der Waals surface area contributed by atoms with Crippen LogP contribution in [0.5, 0.6) is 0 Å². The van der Waals surface area contributed by atoms with Gasteiger partial charge < -0.3 is 16.0 Å². The van der Waals surface area contributed by atoms with Crippen LogP contribution in [0.15, 0.2) is 30.3 Å². The highest BCUT2D eigenvalue weighted by Crippen LogP contribution is 2.14. The Hall–Kier alpha value is -1.97. The molecule has 1 aliphatic heterocycles. The minimum Gasteiger partial charge on any atom is -0.368 e. The Labute approximate surface area is 160 Å². The summed E-state index contributed by atoms with van der Waals surface area (Å²) in [7, 11) is -1.57. The molecule has 0 aromatic heterocycles. The zero-order chi connectivity index (χ0) is 20.1. The number of carbonyl (C=O) groups is 2. The predicted octanol–water partition coefficient (Wildman–Crippen LogP) is -0.443. The van der Waals surface area contributed by atoms with E-state index in [-0.39, 0.29) is 18.6 Å². The molecule has 0 saturated carbocycles. The van der Waals surface area contributed by atoms with Gasteiger partial charge in [0.25, 0.3) is 0 Å². The molecule has 2 amide bonds. The molecule has 1 saturated heterocycles. The lowest BCUT2D eigenvalue weighted by Gasteiger charge is -2.31. The number of nitrogens with zero attached hydrogens (tertiary/aromatic N) is 2. The number of piperazine rings is 1. The standard InChI is InChI=1S/C18H28N4O4S/c1-18(17(19)24,14-15-6-4-3-5-7-15)20-16(23)8-13-27(25,26)22-11-9-21(2)10-12-22/h3-7H,8-14H2,1-2H3,(H2,19,24)(H,20,23)/t18-/m1/s1. The fourth-order valence-corrected chi connectivity index (χ4v) is 4.41. The smallest absolute Gasteiger partial charge is 0.243 e. The van der Waals surface area contributed by atoms with Crippen LogP contribution in [-0.4, -0.2) is 74.0 Å². The Morgan fingerprint density at radius 3 is 2.30 bits per heavy atom. The van der Waals surface area contributed by atoms with Crippen molar-refractivity contribution < 1.29 is 18.0 Å². The summed E-state index contributed by atoms with van der Waals surface area (Å²) >= 11 is 0. The molecule has 27 heavy (non-hydrogen) atoms. The first-order valence-electron chi connectivity index (χ1n) is 8.93. The summed E-state index contributed by atoms with van der Waals surface area (Å²) in [6.45, 7) is 3.74. The molecule has 9 heteroatoms. The molecule has 0 spiro atoms. The quantitative estimate of drug-likeness (QED) is 0.618. The predicted molar refractivity (Wildman–Crippen MR) is 103 cm³/mol. The van der Waals surface area contributed by atoms with Gasteiger partial charge in [0, 0.05) is 39.0 Å². The summed E-state index contributed by atoms with van der Waals surface area (Å²) in [6, 6.07) is 9.20. The van der Waals surface area contributed by atoms with E-state index in [0.29, 0.717) is 26.2 Å². The van der Waals surface area contributed by atoms with E-state index in [1.807, 2.05) is 37.4 Å². The maximum Gasteiger partial charge on any atom is 0.243 e. The van der Waals surface area contributed by atoms with Crippen molar-refractivity contribution in [3.8, 4) is 0 Å². The molecule has 0 radical (unpaired) electrons. The molecule has 1 atom stereocenters. The second-order valence-corrected chi connectivity index (χ2v) is 9.26. The molecular weight excluding hydrogens is 368 g/mol. The SMILES string of the molecule is CN1CCN(S(=O)(=O)CCC(=O)N[C@](C)(Cc2ccccc2)C(N)=O)CC1. The van der Waals surface area contributed by atoms with E-state index < -0.39 is 27.4 Å². The highest BCUT2D eigenvalue weighted by molar-refractivity contribution is 7.89. The maximum absolute atomic E-state index is 12.4. The van der Waals surface area contributed by atoms with E-state index in [1.54, 1.807) is 6.92 Å². The van der Waals surface area contributed by atoms with Crippen LogP contribution in [0.4, 0.5) is 0 Å². The average Bonchev–Trinajstić information content (AvgIpc) is 2.61. The Morgan fingerprint density at radius 2 is 1.74 bits per heavy atom. The first-order chi connectivity index (χ1) is 12.6. The normalized spacial score (nSPS) is 18.6. The molecule has 1 aromatic carbocycles. The number of rotatable bonds is 8. The summed E-state index contributed by atoms with van der Waals surface area (Å²) in [5.41, 5.74) is 5.06. The Morgan fingerprint density at radius 1 is 1.15 bits per heavy atom. The Bertz CT molecular complexity index is 761. The Balaban J connectivity index is 1.94. The van der Waals surface area contributed by atoms with Gasteiger partial charge in [-0.05, 0) is 19.5 Å². The van der Waals surface area contributed by atoms with Gasteiger partial charge in [-0.2, -0.15) is 4.31 Å². The zero-order valence-corrected chi connectivity index (χ0v) is 16.7. The molecule has 1 heterocycles. The summed E-state index contributed by atoms with van der Waals surface area (Å²) < 4.78 is 26.3. The lowest BCUT2D eigenvalue weighted by Crippen LogP contribution is -2.57. The minimum atomic E-state index is -3.51. The third kappa shape index (κ3) is 6.02. The minimum absolute atomic E-state index is 0.216. The topological polar surface area (TPSA) is 113 Å². The van der Waals surface area contributed by atoms with Crippen molar-refractivity contribution in [1.82, 2.24) is 14.5 Å². The van der Waals surface area contributed by atoms with Crippen LogP contribution < -0.4 is 11.1 Å². The van der Waals surface area contributed by atoms with Crippen molar-refractivity contribution in [3.63, 3.8) is 0 Å². The second-order valence-electron chi connectivity index (χ2n) is 7.18. The number of sulfonamides is 1. The number of primary amides is 1. The second kappa shape index (κ2) is 8.81. The van der Waals surface area contributed by atoms with Crippen molar-refractivity contribution in [2.75, 3.05) is 39.0 Å². The number of nitrogens with one attached hydrogen (secondary N) is 1. The van der Waals surface area contributed by atoms with E-state index in [0.717, 1.165) is 5.56 Å². The molecule has 150 valence electrons. The van der Waals surface area contributed by atoms with Gasteiger partial charge in [0.1, 0.15) is 5.54 Å². The summed E-state index contributed by atoms with van der Waals surface area (Å²) in [6.07, 6.45) is 0.0203. The van der Waals surface area contributed by atoms with Gasteiger partial charge >= 0.3 is 0 Å². The molecular formula is C18H28N4O4S. The number of benzene rings is 1. The zero-order valence-electron chi connectivity index (χ0n) is 15.8. The van der Waals surface area contributed by atoms with Crippen molar-refractivity contribution in [2.45, 2.75) is 25.3 Å². The monoisotopic (exact) mass is 396 g/mol. The van der Waals surface area contributed by atoms with Crippen molar-refractivity contribution >= 4 is 21.8 Å². The van der Waals surface area contributed by atoms with Crippen molar-refractivity contribution in [2.24, 2.45) is 5.73 Å². The number of nitrogens with two attached hydrogens (primary N) is 1. The third-order valence-corrected chi connectivity index (χ3v) is 6.67. The van der Waals surface area contributed by atoms with Crippen molar-refractivity contribution in [3.05, 3.63) is 35.9 Å². The largest absolute Gasteiger partial charge is 0.368 e. The van der Waals surface area contributed by atoms with Crippen LogP contribution in [0.1, 0.15) is 18.9 Å². The van der Waals surface area contributed by atoms with Gasteiger partial charge in [-0.25, -0.2) is 8.42 Å². The van der Waals surface area contributed by atoms with Gasteiger partial charge in [-0.1, -0.05) is 30.3 Å². The average molecular weight is 397 g/mol. The van der Waals surface area contributed by atoms with Crippen LogP contribution in [-0.2, 0) is 26.0 Å². The van der Waals surface area contributed by atoms with Crippen LogP contribution in [0.3, 0.4) is 0 Å². The summed E-state index contributed by atoms with van der Waals surface area (Å²) in [4.78, 5) is 26.3. The first kappa shape index (κ1) is 21.3. The van der Waals surface area contributed by atoms with E-state index >= 15 is 0 Å². The van der Waals surface area contributed by atoms with Gasteiger partial charge in [0.15, 0.2) is 0 Å². The van der Waals surface area contributed by atoms with Crippen LogP contribution >= 0.6 is 0 Å². The van der Waals surface area contributed by atoms with Gasteiger partial charge in [-0.3, -0.25) is 9.59 Å². The van der Waals surface area contributed by atoms with Crippen LogP contribution in [0.25, 0.3) is 0 Å². The molecule has 3 N–H and O–H groups in total.